The second-order valence-corrected chi connectivity index (χ2v) is 13.2. The Morgan fingerprint density at radius 1 is 0.733 bits per heavy atom. The maximum absolute atomic E-state index is 15.1. The fourth-order valence-electron chi connectivity index (χ4n) is 6.92. The predicted molar refractivity (Wildman–Crippen MR) is 183 cm³/mol. The van der Waals surface area contributed by atoms with Gasteiger partial charge in [0.15, 0.2) is 10.6 Å². The number of carbonyl (C=O) groups excluding carboxylic acids is 1. The Balaban J connectivity index is 1.66. The van der Waals surface area contributed by atoms with Crippen molar-refractivity contribution < 1.29 is 4.79 Å². The van der Waals surface area contributed by atoms with Crippen molar-refractivity contribution in [2.75, 3.05) is 4.90 Å². The van der Waals surface area contributed by atoms with Gasteiger partial charge in [0.05, 0.1) is 11.3 Å². The highest BCUT2D eigenvalue weighted by atomic mass is 32.1. The summed E-state index contributed by atoms with van der Waals surface area (Å²) in [6.45, 7) is 6.85. The van der Waals surface area contributed by atoms with Crippen molar-refractivity contribution in [1.82, 2.24) is 9.13 Å². The minimum Gasteiger partial charge on any atom is -0.326 e. The van der Waals surface area contributed by atoms with Gasteiger partial charge in [-0.1, -0.05) is 110 Å². The standard InChI is InChI=1S/C39H35N3O2S/c1-26-19-21-28(22-20-26)33-34-31(23-39(2,3)24-32(34)43)40(25-27-13-7-4-8-14-27)36-35(33)37(44)42(30-17-11-6-12-18-30)38(45)41(36)29-15-9-5-10-16-29/h4-22,33H,23-25H2,1-3H3. The third-order valence-electron chi connectivity index (χ3n) is 8.95. The van der Waals surface area contributed by atoms with Crippen LogP contribution in [-0.2, 0) is 11.3 Å². The predicted octanol–water partition coefficient (Wildman–Crippen LogP) is 8.46. The molecule has 45 heavy (non-hydrogen) atoms. The Bertz CT molecular complexity index is 2060. The Labute approximate surface area is 268 Å². The highest BCUT2D eigenvalue weighted by molar-refractivity contribution is 7.71. The van der Waals surface area contributed by atoms with Crippen molar-refractivity contribution in [1.29, 1.82) is 0 Å². The maximum atomic E-state index is 15.1. The first kappa shape index (κ1) is 28.9. The van der Waals surface area contributed by atoms with Gasteiger partial charge in [-0.3, -0.25) is 18.7 Å². The van der Waals surface area contributed by atoms with Crippen LogP contribution in [0.5, 0.6) is 0 Å². The molecule has 4 aromatic carbocycles. The van der Waals surface area contributed by atoms with Crippen LogP contribution in [0, 0.1) is 17.1 Å². The van der Waals surface area contributed by atoms with E-state index in [0.717, 1.165) is 39.5 Å². The summed E-state index contributed by atoms with van der Waals surface area (Å²) in [5.74, 6) is 0.274. The molecule has 0 spiro atoms. The van der Waals surface area contributed by atoms with E-state index in [1.807, 2.05) is 90.4 Å². The number of ketones is 1. The molecule has 1 aliphatic carbocycles. The first-order chi connectivity index (χ1) is 21.7. The summed E-state index contributed by atoms with van der Waals surface area (Å²) in [4.78, 5) is 31.7. The first-order valence-electron chi connectivity index (χ1n) is 15.4. The van der Waals surface area contributed by atoms with Gasteiger partial charge in [-0.2, -0.15) is 0 Å². The van der Waals surface area contributed by atoms with Crippen LogP contribution in [0.15, 0.2) is 131 Å². The van der Waals surface area contributed by atoms with E-state index in [1.165, 1.54) is 0 Å². The van der Waals surface area contributed by atoms with E-state index < -0.39 is 5.92 Å². The second kappa shape index (κ2) is 11.3. The quantitative estimate of drug-likeness (QED) is 0.188. The Kier molecular flexibility index (Phi) is 7.25. The molecule has 2 heterocycles. The number of fused-ring (bicyclic) bond motifs is 1. The number of nitrogens with zero attached hydrogens (tertiary/aromatic N) is 3. The SMILES string of the molecule is Cc1ccc(C2C3=C(CC(C)(C)CC3=O)N(Cc3ccccc3)c3c2c(=O)n(-c2ccccc2)c(=S)n3-c2ccccc2)cc1. The molecule has 224 valence electrons. The Morgan fingerprint density at radius 2 is 1.29 bits per heavy atom. The summed E-state index contributed by atoms with van der Waals surface area (Å²) in [6.07, 6.45) is 1.12. The zero-order valence-corrected chi connectivity index (χ0v) is 26.6. The monoisotopic (exact) mass is 609 g/mol. The minimum atomic E-state index is -0.542. The van der Waals surface area contributed by atoms with Crippen molar-refractivity contribution >= 4 is 23.8 Å². The molecule has 6 heteroatoms. The van der Waals surface area contributed by atoms with E-state index in [-0.39, 0.29) is 16.8 Å². The highest BCUT2D eigenvalue weighted by Gasteiger charge is 2.46. The third kappa shape index (κ3) is 5.09. The van der Waals surface area contributed by atoms with Crippen LogP contribution in [0.1, 0.15) is 54.9 Å². The molecule has 5 nitrogen and oxygen atoms in total. The Morgan fingerprint density at radius 3 is 1.89 bits per heavy atom. The molecule has 0 N–H and O–H groups in total. The largest absolute Gasteiger partial charge is 0.326 e. The van der Waals surface area contributed by atoms with Crippen molar-refractivity contribution in [2.45, 2.75) is 46.1 Å². The molecule has 1 unspecified atom stereocenters. The molecule has 0 saturated heterocycles. The summed E-state index contributed by atoms with van der Waals surface area (Å²) in [5, 5.41) is 0. The molecule has 0 radical (unpaired) electrons. The van der Waals surface area contributed by atoms with Crippen LogP contribution in [0.4, 0.5) is 5.82 Å². The smallest absolute Gasteiger partial charge is 0.265 e. The lowest BCUT2D eigenvalue weighted by molar-refractivity contribution is -0.118. The average Bonchev–Trinajstić information content (AvgIpc) is 3.03. The van der Waals surface area contributed by atoms with Gasteiger partial charge in [-0.05, 0) is 66.4 Å². The fourth-order valence-corrected chi connectivity index (χ4v) is 7.30. The molecule has 1 atom stereocenters. The summed E-state index contributed by atoms with van der Waals surface area (Å²) >= 11 is 6.25. The lowest BCUT2D eigenvalue weighted by Gasteiger charge is -2.45. The van der Waals surface area contributed by atoms with E-state index >= 15 is 4.79 Å². The van der Waals surface area contributed by atoms with Gasteiger partial charge in [-0.15, -0.1) is 0 Å². The van der Waals surface area contributed by atoms with E-state index in [9.17, 15) is 4.79 Å². The molecular formula is C39H35N3O2S. The topological polar surface area (TPSA) is 47.2 Å². The average molecular weight is 610 g/mol. The van der Waals surface area contributed by atoms with Crippen LogP contribution in [-0.4, -0.2) is 14.9 Å². The summed E-state index contributed by atoms with van der Waals surface area (Å²) in [6, 6.07) is 38.1. The summed E-state index contributed by atoms with van der Waals surface area (Å²) < 4.78 is 4.05. The number of hydrogen-bond donors (Lipinski definition) is 0. The van der Waals surface area contributed by atoms with Gasteiger partial charge in [0.25, 0.3) is 5.56 Å². The van der Waals surface area contributed by atoms with Crippen LogP contribution in [0.25, 0.3) is 11.4 Å². The molecular weight excluding hydrogens is 575 g/mol. The first-order valence-corrected chi connectivity index (χ1v) is 15.8. The zero-order valence-electron chi connectivity index (χ0n) is 25.7. The highest BCUT2D eigenvalue weighted by Crippen LogP contribution is 2.51. The molecule has 0 saturated carbocycles. The van der Waals surface area contributed by atoms with Crippen molar-refractivity contribution in [3.63, 3.8) is 0 Å². The van der Waals surface area contributed by atoms with Gasteiger partial charge in [0, 0.05) is 35.8 Å². The minimum absolute atomic E-state index is 0.0925. The molecule has 1 aromatic heterocycles. The lowest BCUT2D eigenvalue weighted by Crippen LogP contribution is -2.44. The number of aryl methyl sites for hydroxylation is 1. The van der Waals surface area contributed by atoms with Crippen molar-refractivity contribution in [3.8, 4) is 11.4 Å². The van der Waals surface area contributed by atoms with Gasteiger partial charge in [0.2, 0.25) is 0 Å². The summed E-state index contributed by atoms with van der Waals surface area (Å²) in [5.41, 5.74) is 6.46. The number of hydrogen-bond acceptors (Lipinski definition) is 4. The van der Waals surface area contributed by atoms with Crippen LogP contribution in [0.2, 0.25) is 0 Å². The van der Waals surface area contributed by atoms with E-state index in [1.54, 1.807) is 4.57 Å². The molecule has 0 fully saturated rings. The molecule has 1 aliphatic heterocycles. The van der Waals surface area contributed by atoms with Crippen LogP contribution in [0.3, 0.4) is 0 Å². The van der Waals surface area contributed by atoms with Crippen LogP contribution < -0.4 is 10.5 Å². The van der Waals surface area contributed by atoms with Gasteiger partial charge >= 0.3 is 0 Å². The molecule has 2 aliphatic rings. The van der Waals surface area contributed by atoms with E-state index in [4.69, 9.17) is 12.2 Å². The number of aromatic nitrogens is 2. The van der Waals surface area contributed by atoms with Crippen molar-refractivity contribution in [3.05, 3.63) is 164 Å². The summed E-state index contributed by atoms with van der Waals surface area (Å²) in [7, 11) is 0. The fraction of sp³-hybridized carbons (Fsp3) is 0.205. The maximum Gasteiger partial charge on any atom is 0.265 e. The van der Waals surface area contributed by atoms with E-state index in [0.29, 0.717) is 35.4 Å². The normalized spacial score (nSPS) is 17.2. The number of para-hydroxylation sites is 2. The zero-order chi connectivity index (χ0) is 31.3. The number of Topliss-reactive ketones (excluding diaryl/α,β-unsaturated/α-hetero) is 1. The lowest BCUT2D eigenvalue weighted by atomic mass is 9.68. The number of carbonyl (C=O) groups is 1. The number of anilines is 1. The second-order valence-electron chi connectivity index (χ2n) is 12.9. The number of benzene rings is 4. The van der Waals surface area contributed by atoms with Gasteiger partial charge in [0.1, 0.15) is 5.82 Å². The van der Waals surface area contributed by atoms with Gasteiger partial charge < -0.3 is 4.90 Å². The molecule has 0 amide bonds. The number of allylic oxidation sites excluding steroid dienone is 2. The molecule has 7 rings (SSSR count). The van der Waals surface area contributed by atoms with Crippen LogP contribution >= 0.6 is 12.2 Å². The number of rotatable bonds is 5. The Hall–Kier alpha value is -4.81. The van der Waals surface area contributed by atoms with Crippen molar-refractivity contribution in [2.24, 2.45) is 5.41 Å². The van der Waals surface area contributed by atoms with Gasteiger partial charge in [-0.25, -0.2) is 0 Å². The third-order valence-corrected chi connectivity index (χ3v) is 9.31. The van der Waals surface area contributed by atoms with E-state index in [2.05, 4.69) is 55.1 Å². The molecule has 5 aromatic rings. The molecule has 0 bridgehead atoms.